The Labute approximate surface area is 127 Å². The quantitative estimate of drug-likeness (QED) is 0.832. The molecule has 8 heteroatoms. The van der Waals surface area contributed by atoms with Crippen LogP contribution in [0.2, 0.25) is 0 Å². The molecule has 0 heterocycles. The van der Waals surface area contributed by atoms with Crippen molar-refractivity contribution in [1.82, 2.24) is 5.32 Å². The second-order valence-corrected chi connectivity index (χ2v) is 7.66. The number of rotatable bonds is 5. The molecular weight excluding hydrogens is 318 g/mol. The minimum atomic E-state index is -4.04. The van der Waals surface area contributed by atoms with Crippen molar-refractivity contribution in [3.63, 3.8) is 0 Å². The van der Waals surface area contributed by atoms with Crippen molar-refractivity contribution in [3.05, 3.63) is 17.7 Å². The van der Waals surface area contributed by atoms with E-state index in [1.54, 1.807) is 0 Å². The van der Waals surface area contributed by atoms with Gasteiger partial charge in [0.05, 0.1) is 14.2 Å². The fourth-order valence-electron chi connectivity index (χ4n) is 1.97. The van der Waals surface area contributed by atoms with Crippen molar-refractivity contribution < 1.29 is 22.7 Å². The zero-order valence-electron chi connectivity index (χ0n) is 11.9. The molecule has 1 aromatic rings. The number of hydrogen-bond donors (Lipinski definition) is 1. The summed E-state index contributed by atoms with van der Waals surface area (Å²) >= 11 is 0. The molecule has 0 bridgehead atoms. The Morgan fingerprint density at radius 1 is 1.29 bits per heavy atom. The van der Waals surface area contributed by atoms with Gasteiger partial charge in [0.2, 0.25) is 0 Å². The molecule has 116 valence electrons. The first-order valence-electron chi connectivity index (χ1n) is 6.24. The van der Waals surface area contributed by atoms with Gasteiger partial charge in [-0.15, -0.1) is 0 Å². The highest BCUT2D eigenvalue weighted by atomic mass is 35.7. The van der Waals surface area contributed by atoms with Crippen molar-refractivity contribution >= 4 is 25.6 Å². The first-order valence-corrected chi connectivity index (χ1v) is 8.55. The molecule has 0 radical (unpaired) electrons. The summed E-state index contributed by atoms with van der Waals surface area (Å²) in [6.07, 6.45) is 1.74. The van der Waals surface area contributed by atoms with Crippen LogP contribution in [0.25, 0.3) is 0 Å². The third-order valence-corrected chi connectivity index (χ3v) is 4.76. The van der Waals surface area contributed by atoms with Crippen molar-refractivity contribution in [1.29, 1.82) is 0 Å². The molecule has 0 aromatic heterocycles. The van der Waals surface area contributed by atoms with E-state index in [1.165, 1.54) is 26.4 Å². The topological polar surface area (TPSA) is 81.7 Å². The van der Waals surface area contributed by atoms with Gasteiger partial charge < -0.3 is 14.8 Å². The maximum Gasteiger partial charge on any atom is 0.265 e. The third-order valence-electron chi connectivity index (χ3n) is 3.41. The van der Waals surface area contributed by atoms with Crippen LogP contribution in [0.1, 0.15) is 30.1 Å². The molecule has 0 atom stereocenters. The molecule has 1 aliphatic carbocycles. The summed E-state index contributed by atoms with van der Waals surface area (Å²) < 4.78 is 33.4. The molecule has 1 amide bonds. The Bertz CT molecular complexity index is 682. The van der Waals surface area contributed by atoms with Crippen LogP contribution in [0.3, 0.4) is 0 Å². The Morgan fingerprint density at radius 2 is 1.90 bits per heavy atom. The molecule has 1 aromatic carbocycles. The van der Waals surface area contributed by atoms with Crippen LogP contribution in [-0.4, -0.2) is 34.1 Å². The van der Waals surface area contributed by atoms with Crippen LogP contribution in [0.15, 0.2) is 17.0 Å². The van der Waals surface area contributed by atoms with Gasteiger partial charge in [-0.3, -0.25) is 4.79 Å². The predicted octanol–water partition coefficient (Wildman–Crippen LogP) is 1.91. The number of benzene rings is 1. The summed E-state index contributed by atoms with van der Waals surface area (Å²) in [6.45, 7) is 1.91. The lowest BCUT2D eigenvalue weighted by molar-refractivity contribution is 0.0928. The van der Waals surface area contributed by atoms with Gasteiger partial charge in [-0.2, -0.15) is 0 Å². The van der Waals surface area contributed by atoms with Crippen LogP contribution in [0, 0.1) is 0 Å². The van der Waals surface area contributed by atoms with Gasteiger partial charge in [0.1, 0.15) is 16.2 Å². The highest BCUT2D eigenvalue weighted by molar-refractivity contribution is 8.13. The van der Waals surface area contributed by atoms with E-state index in [2.05, 4.69) is 5.32 Å². The Kier molecular flexibility index (Phi) is 4.08. The molecule has 1 saturated carbocycles. The van der Waals surface area contributed by atoms with Gasteiger partial charge in [-0.25, -0.2) is 8.42 Å². The lowest BCUT2D eigenvalue weighted by Crippen LogP contribution is -2.34. The van der Waals surface area contributed by atoms with E-state index in [9.17, 15) is 13.2 Å². The molecule has 21 heavy (non-hydrogen) atoms. The van der Waals surface area contributed by atoms with Gasteiger partial charge in [-0.05, 0) is 31.9 Å². The van der Waals surface area contributed by atoms with Crippen molar-refractivity contribution in [2.24, 2.45) is 0 Å². The zero-order chi connectivity index (χ0) is 15.8. The van der Waals surface area contributed by atoms with Crippen LogP contribution >= 0.6 is 10.7 Å². The third kappa shape index (κ3) is 3.24. The molecule has 0 unspecified atom stereocenters. The summed E-state index contributed by atoms with van der Waals surface area (Å²) in [6, 6.07) is 2.62. The summed E-state index contributed by atoms with van der Waals surface area (Å²) in [4.78, 5) is 12.2. The van der Waals surface area contributed by atoms with Gasteiger partial charge in [0, 0.05) is 16.2 Å². The van der Waals surface area contributed by atoms with E-state index in [-0.39, 0.29) is 27.5 Å². The fraction of sp³-hybridized carbons (Fsp3) is 0.462. The van der Waals surface area contributed by atoms with Crippen LogP contribution in [-0.2, 0) is 9.05 Å². The molecule has 6 nitrogen and oxygen atoms in total. The lowest BCUT2D eigenvalue weighted by atomic mass is 10.1. The number of nitrogens with one attached hydrogen (secondary N) is 1. The largest absolute Gasteiger partial charge is 0.496 e. The average Bonchev–Trinajstić information content (AvgIpc) is 3.12. The van der Waals surface area contributed by atoms with Gasteiger partial charge in [0.25, 0.3) is 15.0 Å². The smallest absolute Gasteiger partial charge is 0.265 e. The monoisotopic (exact) mass is 333 g/mol. The summed E-state index contributed by atoms with van der Waals surface area (Å²) in [5.41, 5.74) is -0.238. The fourth-order valence-corrected chi connectivity index (χ4v) is 2.98. The number of halogens is 1. The van der Waals surface area contributed by atoms with Crippen LogP contribution < -0.4 is 14.8 Å². The Balaban J connectivity index is 2.57. The maximum absolute atomic E-state index is 12.4. The van der Waals surface area contributed by atoms with Crippen molar-refractivity contribution in [2.45, 2.75) is 30.2 Å². The summed E-state index contributed by atoms with van der Waals surface area (Å²) in [5, 5.41) is 2.84. The molecule has 2 rings (SSSR count). The van der Waals surface area contributed by atoms with E-state index in [4.69, 9.17) is 20.2 Å². The molecule has 1 aliphatic rings. The lowest BCUT2D eigenvalue weighted by Gasteiger charge is -2.17. The summed E-state index contributed by atoms with van der Waals surface area (Å²) in [7, 11) is 4.00. The van der Waals surface area contributed by atoms with Crippen LogP contribution in [0.4, 0.5) is 0 Å². The number of ether oxygens (including phenoxy) is 2. The van der Waals surface area contributed by atoms with E-state index in [0.717, 1.165) is 12.8 Å². The standard InChI is InChI=1S/C13H16ClNO5S/c1-13(6-7-13)15-12(16)10-8(19-2)4-5-9(11(10)20-3)21(14,17)18/h4-5H,6-7H2,1-3H3,(H,15,16). The van der Waals surface area contributed by atoms with Crippen molar-refractivity contribution in [2.75, 3.05) is 14.2 Å². The average molecular weight is 334 g/mol. The number of hydrogen-bond acceptors (Lipinski definition) is 5. The maximum atomic E-state index is 12.4. The molecule has 1 N–H and O–H groups in total. The highest BCUT2D eigenvalue weighted by Gasteiger charge is 2.40. The van der Waals surface area contributed by atoms with E-state index < -0.39 is 15.0 Å². The van der Waals surface area contributed by atoms with Gasteiger partial charge >= 0.3 is 0 Å². The van der Waals surface area contributed by atoms with Crippen LogP contribution in [0.5, 0.6) is 11.5 Å². The number of methoxy groups -OCH3 is 2. The minimum absolute atomic E-state index is 0.0230. The number of amides is 1. The van der Waals surface area contributed by atoms with Gasteiger partial charge in [-0.1, -0.05) is 0 Å². The van der Waals surface area contributed by atoms with Gasteiger partial charge in [0.15, 0.2) is 5.75 Å². The van der Waals surface area contributed by atoms with E-state index in [0.29, 0.717) is 0 Å². The molecule has 0 aliphatic heterocycles. The zero-order valence-corrected chi connectivity index (χ0v) is 13.5. The first kappa shape index (κ1) is 15.9. The SMILES string of the molecule is COc1ccc(S(=O)(=O)Cl)c(OC)c1C(=O)NC1(C)CC1. The highest BCUT2D eigenvalue weighted by Crippen LogP contribution is 2.39. The van der Waals surface area contributed by atoms with E-state index >= 15 is 0 Å². The second-order valence-electron chi connectivity index (χ2n) is 5.13. The number of carbonyl (C=O) groups excluding carboxylic acids is 1. The second kappa shape index (κ2) is 5.38. The molecule has 1 fully saturated rings. The normalized spacial score (nSPS) is 16.2. The van der Waals surface area contributed by atoms with E-state index in [1.807, 2.05) is 6.92 Å². The Hall–Kier alpha value is -1.47. The predicted molar refractivity (Wildman–Crippen MR) is 77.7 cm³/mol. The molecule has 0 spiro atoms. The number of carbonyl (C=O) groups is 1. The summed E-state index contributed by atoms with van der Waals surface area (Å²) in [5.74, 6) is -0.352. The Morgan fingerprint density at radius 3 is 2.33 bits per heavy atom. The molecule has 0 saturated heterocycles. The first-order chi connectivity index (χ1) is 9.72. The molecular formula is C13H16ClNO5S. The van der Waals surface area contributed by atoms with Crippen molar-refractivity contribution in [3.8, 4) is 11.5 Å². The minimum Gasteiger partial charge on any atom is -0.496 e.